The summed E-state index contributed by atoms with van der Waals surface area (Å²) in [5.41, 5.74) is 3.95. The van der Waals surface area contributed by atoms with Crippen LogP contribution in [0.25, 0.3) is 0 Å². The lowest BCUT2D eigenvalue weighted by molar-refractivity contribution is 0.0732. The maximum atomic E-state index is 12.6. The Kier molecular flexibility index (Phi) is 8.05. The van der Waals surface area contributed by atoms with E-state index in [1.807, 2.05) is 13.0 Å². The van der Waals surface area contributed by atoms with Crippen molar-refractivity contribution < 1.29 is 19.1 Å². The Balaban J connectivity index is 1.83. The Hall–Kier alpha value is -4.04. The van der Waals surface area contributed by atoms with Gasteiger partial charge in [-0.3, -0.25) is 5.43 Å². The van der Waals surface area contributed by atoms with E-state index >= 15 is 0 Å². The second-order valence-corrected chi connectivity index (χ2v) is 6.85. The van der Waals surface area contributed by atoms with Crippen LogP contribution in [0.3, 0.4) is 0 Å². The molecule has 32 heavy (non-hydrogen) atoms. The molecule has 0 unspecified atom stereocenters. The quantitative estimate of drug-likeness (QED) is 0.186. The van der Waals surface area contributed by atoms with Crippen molar-refractivity contribution in [3.63, 3.8) is 0 Å². The molecule has 8 heteroatoms. The highest BCUT2D eigenvalue weighted by Crippen LogP contribution is 2.25. The molecule has 0 heterocycles. The summed E-state index contributed by atoms with van der Waals surface area (Å²) in [5.74, 6) is -0.673. The first-order valence-corrected chi connectivity index (χ1v) is 10.2. The second-order valence-electron chi connectivity index (χ2n) is 6.44. The first-order valence-electron chi connectivity index (χ1n) is 9.82. The Labute approximate surface area is 191 Å². The fraction of sp³-hybridized carbons (Fsp3) is 0.0833. The van der Waals surface area contributed by atoms with Crippen LogP contribution in [0, 0.1) is 0 Å². The van der Waals surface area contributed by atoms with Crippen molar-refractivity contribution in [1.82, 2.24) is 10.7 Å². The van der Waals surface area contributed by atoms with Gasteiger partial charge in [0.1, 0.15) is 11.5 Å². The average Bonchev–Trinajstić information content (AvgIpc) is 2.81. The maximum absolute atomic E-state index is 12.6. The molecular formula is C24H21N3O4S. The van der Waals surface area contributed by atoms with Crippen LogP contribution in [-0.2, 0) is 0 Å². The fourth-order valence-corrected chi connectivity index (χ4v) is 2.80. The molecule has 3 aromatic carbocycles. The highest BCUT2D eigenvalue weighted by atomic mass is 32.1. The van der Waals surface area contributed by atoms with Gasteiger partial charge in [-0.1, -0.05) is 36.4 Å². The third kappa shape index (κ3) is 6.48. The molecule has 162 valence electrons. The number of hydrogen-bond acceptors (Lipinski definition) is 6. The van der Waals surface area contributed by atoms with Gasteiger partial charge < -0.3 is 14.8 Å². The van der Waals surface area contributed by atoms with Gasteiger partial charge in [0.05, 0.1) is 17.3 Å². The van der Waals surface area contributed by atoms with Crippen molar-refractivity contribution in [2.24, 2.45) is 5.10 Å². The summed E-state index contributed by atoms with van der Waals surface area (Å²) in [7, 11) is 0. The predicted molar refractivity (Wildman–Crippen MR) is 126 cm³/mol. The van der Waals surface area contributed by atoms with Crippen LogP contribution in [-0.4, -0.2) is 29.8 Å². The van der Waals surface area contributed by atoms with E-state index in [0.29, 0.717) is 28.3 Å². The number of carbonyl (C=O) groups is 2. The minimum Gasteiger partial charge on any atom is -0.423 e. The minimum atomic E-state index is -0.553. The summed E-state index contributed by atoms with van der Waals surface area (Å²) in [5, 5.41) is 7.33. The summed E-state index contributed by atoms with van der Waals surface area (Å²) in [6.07, 6.45) is 1.46. The number of benzene rings is 3. The fourth-order valence-electron chi connectivity index (χ4n) is 2.61. The van der Waals surface area contributed by atoms with Crippen molar-refractivity contribution in [3.05, 3.63) is 95.6 Å². The van der Waals surface area contributed by atoms with Crippen molar-refractivity contribution >= 4 is 35.5 Å². The molecule has 0 atom stereocenters. The molecule has 0 aromatic heterocycles. The van der Waals surface area contributed by atoms with Crippen molar-refractivity contribution in [2.45, 2.75) is 6.92 Å². The van der Waals surface area contributed by atoms with Crippen LogP contribution in [0.15, 0.2) is 84.0 Å². The largest absolute Gasteiger partial charge is 0.423 e. The Morgan fingerprint density at radius 3 is 2.09 bits per heavy atom. The van der Waals surface area contributed by atoms with Gasteiger partial charge in [0.2, 0.25) is 0 Å². The lowest BCUT2D eigenvalue weighted by Gasteiger charge is -2.11. The van der Waals surface area contributed by atoms with Gasteiger partial charge in [-0.25, -0.2) is 9.59 Å². The molecule has 2 N–H and O–H groups in total. The van der Waals surface area contributed by atoms with E-state index in [9.17, 15) is 9.59 Å². The van der Waals surface area contributed by atoms with Gasteiger partial charge in [-0.15, -0.1) is 0 Å². The highest BCUT2D eigenvalue weighted by molar-refractivity contribution is 7.80. The normalized spacial score (nSPS) is 10.4. The van der Waals surface area contributed by atoms with Crippen LogP contribution >= 0.6 is 12.2 Å². The third-order valence-electron chi connectivity index (χ3n) is 4.12. The second kappa shape index (κ2) is 11.4. The SMILES string of the molecule is CCNC(=S)N/N=C/c1ccc(OC(=O)c2ccccc2)cc1OC(=O)c1ccccc1. The zero-order valence-corrected chi connectivity index (χ0v) is 18.1. The van der Waals surface area contributed by atoms with Gasteiger partial charge in [-0.05, 0) is 55.5 Å². The topological polar surface area (TPSA) is 89.0 Å². The summed E-state index contributed by atoms with van der Waals surface area (Å²) < 4.78 is 11.0. The maximum Gasteiger partial charge on any atom is 0.343 e. The summed E-state index contributed by atoms with van der Waals surface area (Å²) in [6, 6.07) is 21.8. The van der Waals surface area contributed by atoms with Crippen molar-refractivity contribution in [3.8, 4) is 11.5 Å². The Morgan fingerprint density at radius 1 is 0.906 bits per heavy atom. The van der Waals surface area contributed by atoms with Crippen LogP contribution in [0.5, 0.6) is 11.5 Å². The van der Waals surface area contributed by atoms with Crippen LogP contribution in [0.1, 0.15) is 33.2 Å². The molecule has 0 fully saturated rings. The molecule has 0 bridgehead atoms. The van der Waals surface area contributed by atoms with E-state index < -0.39 is 11.9 Å². The Bertz CT molecular complexity index is 1120. The van der Waals surface area contributed by atoms with E-state index in [1.54, 1.807) is 66.7 Å². The third-order valence-corrected chi connectivity index (χ3v) is 4.36. The first-order chi connectivity index (χ1) is 15.6. The number of thiocarbonyl (C=S) groups is 1. The molecule has 0 aliphatic carbocycles. The lowest BCUT2D eigenvalue weighted by atomic mass is 10.2. The van der Waals surface area contributed by atoms with Crippen molar-refractivity contribution in [1.29, 1.82) is 0 Å². The Morgan fingerprint density at radius 2 is 1.50 bits per heavy atom. The number of rotatable bonds is 7. The van der Waals surface area contributed by atoms with Gasteiger partial charge in [-0.2, -0.15) is 5.10 Å². The van der Waals surface area contributed by atoms with E-state index in [0.717, 1.165) is 0 Å². The van der Waals surface area contributed by atoms with Crippen molar-refractivity contribution in [2.75, 3.05) is 6.54 Å². The standard InChI is InChI=1S/C24H21N3O4S/c1-2-25-24(32)27-26-16-19-13-14-20(30-22(28)17-9-5-3-6-10-17)15-21(19)31-23(29)18-11-7-4-8-12-18/h3-16H,2H2,1H3,(H2,25,27,32)/b26-16+. The van der Waals surface area contributed by atoms with Crippen LogP contribution in [0.2, 0.25) is 0 Å². The van der Waals surface area contributed by atoms with E-state index in [4.69, 9.17) is 21.7 Å². The molecule has 0 saturated carbocycles. The zero-order chi connectivity index (χ0) is 22.8. The summed E-state index contributed by atoms with van der Waals surface area (Å²) in [6.45, 7) is 2.57. The number of ether oxygens (including phenoxy) is 2. The number of esters is 2. The number of nitrogens with zero attached hydrogens (tertiary/aromatic N) is 1. The van der Waals surface area contributed by atoms with E-state index in [1.165, 1.54) is 12.3 Å². The molecule has 3 aromatic rings. The van der Waals surface area contributed by atoms with Gasteiger partial charge in [0.25, 0.3) is 0 Å². The molecule has 0 radical (unpaired) electrons. The molecule has 0 amide bonds. The monoisotopic (exact) mass is 447 g/mol. The number of nitrogens with one attached hydrogen (secondary N) is 2. The lowest BCUT2D eigenvalue weighted by Crippen LogP contribution is -2.31. The molecular weight excluding hydrogens is 426 g/mol. The summed E-state index contributed by atoms with van der Waals surface area (Å²) in [4.78, 5) is 24.9. The predicted octanol–water partition coefficient (Wildman–Crippen LogP) is 3.94. The average molecular weight is 448 g/mol. The van der Waals surface area contributed by atoms with E-state index in [2.05, 4.69) is 15.8 Å². The summed E-state index contributed by atoms with van der Waals surface area (Å²) >= 11 is 5.07. The van der Waals surface area contributed by atoms with Gasteiger partial charge in [0.15, 0.2) is 5.11 Å². The molecule has 0 saturated heterocycles. The number of carbonyl (C=O) groups excluding carboxylic acids is 2. The number of hydrogen-bond donors (Lipinski definition) is 2. The molecule has 0 aliphatic rings. The smallest absolute Gasteiger partial charge is 0.343 e. The first kappa shape index (κ1) is 22.6. The minimum absolute atomic E-state index is 0.178. The zero-order valence-electron chi connectivity index (χ0n) is 17.3. The molecule has 0 aliphatic heterocycles. The van der Waals surface area contributed by atoms with Gasteiger partial charge >= 0.3 is 11.9 Å². The number of hydrazone groups is 1. The van der Waals surface area contributed by atoms with Gasteiger partial charge in [0, 0.05) is 18.2 Å². The van der Waals surface area contributed by atoms with Crippen LogP contribution < -0.4 is 20.2 Å². The highest BCUT2D eigenvalue weighted by Gasteiger charge is 2.14. The molecule has 3 rings (SSSR count). The molecule has 7 nitrogen and oxygen atoms in total. The van der Waals surface area contributed by atoms with E-state index in [-0.39, 0.29) is 11.5 Å². The van der Waals surface area contributed by atoms with Crippen LogP contribution in [0.4, 0.5) is 0 Å². The molecule has 0 spiro atoms.